The molecule has 0 spiro atoms. The van der Waals surface area contributed by atoms with Crippen molar-refractivity contribution in [3.8, 4) is 0 Å². The lowest BCUT2D eigenvalue weighted by atomic mass is 10.2. The van der Waals surface area contributed by atoms with Crippen LogP contribution in [0.4, 0.5) is 5.69 Å². The molecule has 0 aliphatic heterocycles. The van der Waals surface area contributed by atoms with Crippen molar-refractivity contribution in [3.05, 3.63) is 30.1 Å². The number of nitrogen functional groups attached to an aromatic ring is 1. The van der Waals surface area contributed by atoms with E-state index in [0.717, 1.165) is 40.1 Å². The van der Waals surface area contributed by atoms with Crippen LogP contribution in [0, 0.1) is 0 Å². The summed E-state index contributed by atoms with van der Waals surface area (Å²) in [4.78, 5) is 0. The maximum absolute atomic E-state index is 6.19. The number of nitrogens with zero attached hydrogens (tertiary/aromatic N) is 5. The zero-order valence-electron chi connectivity index (χ0n) is 11.4. The fourth-order valence-corrected chi connectivity index (χ4v) is 3.00. The van der Waals surface area contributed by atoms with Crippen LogP contribution in [-0.2, 0) is 13.5 Å². The molecule has 0 radical (unpaired) electrons. The largest absolute Gasteiger partial charge is 0.395 e. The Bertz CT molecular complexity index is 744. The van der Waals surface area contributed by atoms with Crippen LogP contribution in [0.3, 0.4) is 0 Å². The van der Waals surface area contributed by atoms with Gasteiger partial charge in [-0.3, -0.25) is 9.08 Å². The zero-order chi connectivity index (χ0) is 14.1. The van der Waals surface area contributed by atoms with Crippen molar-refractivity contribution in [2.24, 2.45) is 7.05 Å². The minimum absolute atomic E-state index is 0.743. The Hall–Kier alpha value is -2.02. The molecule has 20 heavy (non-hydrogen) atoms. The standard InChI is InChI=1S/C13H16N6S/c1-3-6-9-11(14)12(18(2)17-9)20-13-16-15-10-7-4-5-8-19(10)13/h4-5,7-8H,3,6,14H2,1-2H3. The molecule has 0 unspecified atom stereocenters. The van der Waals surface area contributed by atoms with Crippen molar-refractivity contribution in [1.29, 1.82) is 0 Å². The number of hydrogen-bond donors (Lipinski definition) is 1. The van der Waals surface area contributed by atoms with Crippen LogP contribution < -0.4 is 5.73 Å². The molecule has 2 N–H and O–H groups in total. The van der Waals surface area contributed by atoms with E-state index in [-0.39, 0.29) is 0 Å². The second-order valence-corrected chi connectivity index (χ2v) is 5.51. The van der Waals surface area contributed by atoms with Gasteiger partial charge in [0.15, 0.2) is 5.65 Å². The van der Waals surface area contributed by atoms with E-state index in [9.17, 15) is 0 Å². The first kappa shape index (κ1) is 13.0. The van der Waals surface area contributed by atoms with Gasteiger partial charge in [-0.2, -0.15) is 5.10 Å². The first-order valence-corrected chi connectivity index (χ1v) is 7.31. The molecule has 0 aliphatic carbocycles. The van der Waals surface area contributed by atoms with E-state index in [1.807, 2.05) is 40.5 Å². The van der Waals surface area contributed by atoms with Gasteiger partial charge in [0.25, 0.3) is 0 Å². The zero-order valence-corrected chi connectivity index (χ0v) is 12.3. The topological polar surface area (TPSA) is 74.0 Å². The van der Waals surface area contributed by atoms with Gasteiger partial charge >= 0.3 is 0 Å². The van der Waals surface area contributed by atoms with Crippen molar-refractivity contribution in [3.63, 3.8) is 0 Å². The number of aromatic nitrogens is 5. The Kier molecular flexibility index (Phi) is 3.35. The Balaban J connectivity index is 1.99. The third-order valence-electron chi connectivity index (χ3n) is 3.06. The second-order valence-electron chi connectivity index (χ2n) is 4.55. The lowest BCUT2D eigenvalue weighted by Crippen LogP contribution is -1.95. The van der Waals surface area contributed by atoms with Crippen molar-refractivity contribution < 1.29 is 0 Å². The first-order chi connectivity index (χ1) is 9.70. The highest BCUT2D eigenvalue weighted by molar-refractivity contribution is 7.99. The maximum atomic E-state index is 6.19. The van der Waals surface area contributed by atoms with Gasteiger partial charge in [0.2, 0.25) is 5.16 Å². The van der Waals surface area contributed by atoms with E-state index >= 15 is 0 Å². The summed E-state index contributed by atoms with van der Waals surface area (Å²) in [6.45, 7) is 2.12. The number of rotatable bonds is 4. The lowest BCUT2D eigenvalue weighted by Gasteiger charge is -2.01. The second kappa shape index (κ2) is 5.16. The summed E-state index contributed by atoms with van der Waals surface area (Å²) in [7, 11) is 1.90. The first-order valence-electron chi connectivity index (χ1n) is 6.49. The molecule has 104 valence electrons. The number of pyridine rings is 1. The summed E-state index contributed by atoms with van der Waals surface area (Å²) in [5, 5.41) is 14.5. The fourth-order valence-electron chi connectivity index (χ4n) is 2.10. The van der Waals surface area contributed by atoms with Gasteiger partial charge in [-0.25, -0.2) is 0 Å². The third-order valence-corrected chi connectivity index (χ3v) is 4.20. The highest BCUT2D eigenvalue weighted by Crippen LogP contribution is 2.32. The van der Waals surface area contributed by atoms with Crippen molar-refractivity contribution in [1.82, 2.24) is 24.4 Å². The molecule has 0 bridgehead atoms. The average Bonchev–Trinajstić information content (AvgIpc) is 2.97. The van der Waals surface area contributed by atoms with Gasteiger partial charge in [0.1, 0.15) is 5.03 Å². The molecule has 6 nitrogen and oxygen atoms in total. The number of anilines is 1. The highest BCUT2D eigenvalue weighted by atomic mass is 32.2. The number of nitrogens with two attached hydrogens (primary N) is 1. The van der Waals surface area contributed by atoms with Gasteiger partial charge in [0, 0.05) is 13.2 Å². The van der Waals surface area contributed by atoms with Gasteiger partial charge in [-0.1, -0.05) is 19.4 Å². The van der Waals surface area contributed by atoms with Crippen LogP contribution >= 0.6 is 11.8 Å². The van der Waals surface area contributed by atoms with E-state index in [1.54, 1.807) is 0 Å². The van der Waals surface area contributed by atoms with Crippen LogP contribution in [0.1, 0.15) is 19.0 Å². The summed E-state index contributed by atoms with van der Waals surface area (Å²) < 4.78 is 3.76. The predicted molar refractivity (Wildman–Crippen MR) is 78.7 cm³/mol. The van der Waals surface area contributed by atoms with E-state index in [0.29, 0.717) is 0 Å². The van der Waals surface area contributed by atoms with Crippen LogP contribution in [0.25, 0.3) is 5.65 Å². The molecule has 0 saturated heterocycles. The Labute approximate surface area is 121 Å². The van der Waals surface area contributed by atoms with E-state index in [4.69, 9.17) is 5.73 Å². The molecular formula is C13H16N6S. The fraction of sp³-hybridized carbons (Fsp3) is 0.308. The van der Waals surface area contributed by atoms with Gasteiger partial charge in [-0.15, -0.1) is 10.2 Å². The summed E-state index contributed by atoms with van der Waals surface area (Å²) in [5.41, 5.74) is 8.71. The minimum Gasteiger partial charge on any atom is -0.395 e. The Morgan fingerprint density at radius 1 is 1.30 bits per heavy atom. The highest BCUT2D eigenvalue weighted by Gasteiger charge is 2.16. The van der Waals surface area contributed by atoms with Crippen LogP contribution in [0.5, 0.6) is 0 Å². The Morgan fingerprint density at radius 2 is 2.15 bits per heavy atom. The molecule has 3 aromatic rings. The normalized spacial score (nSPS) is 11.3. The predicted octanol–water partition coefficient (Wildman–Crippen LogP) is 2.15. The SMILES string of the molecule is CCCc1nn(C)c(Sc2nnc3ccccn23)c1N. The van der Waals surface area contributed by atoms with Crippen LogP contribution in [0.15, 0.2) is 34.6 Å². The molecule has 0 saturated carbocycles. The molecule has 3 aromatic heterocycles. The quantitative estimate of drug-likeness (QED) is 0.796. The van der Waals surface area contributed by atoms with Crippen molar-refractivity contribution in [2.75, 3.05) is 5.73 Å². The number of fused-ring (bicyclic) bond motifs is 1. The van der Waals surface area contributed by atoms with E-state index in [1.165, 1.54) is 11.8 Å². The molecule has 0 aliphatic rings. The summed E-state index contributed by atoms with van der Waals surface area (Å²) in [6.07, 6.45) is 3.86. The molecule has 0 atom stereocenters. The summed E-state index contributed by atoms with van der Waals surface area (Å²) in [5.74, 6) is 0. The van der Waals surface area contributed by atoms with Crippen molar-refractivity contribution >= 4 is 23.1 Å². The summed E-state index contributed by atoms with van der Waals surface area (Å²) >= 11 is 1.49. The van der Waals surface area contributed by atoms with Gasteiger partial charge in [0.05, 0.1) is 11.4 Å². The third kappa shape index (κ3) is 2.14. The molecule has 3 heterocycles. The molecule has 7 heteroatoms. The van der Waals surface area contributed by atoms with Crippen LogP contribution in [-0.4, -0.2) is 24.4 Å². The van der Waals surface area contributed by atoms with Crippen LogP contribution in [0.2, 0.25) is 0 Å². The van der Waals surface area contributed by atoms with E-state index < -0.39 is 0 Å². The monoisotopic (exact) mass is 288 g/mol. The smallest absolute Gasteiger partial charge is 0.201 e. The molecule has 0 fully saturated rings. The molecule has 0 aromatic carbocycles. The lowest BCUT2D eigenvalue weighted by molar-refractivity contribution is 0.680. The molecule has 3 rings (SSSR count). The van der Waals surface area contributed by atoms with Gasteiger partial charge < -0.3 is 5.73 Å². The van der Waals surface area contributed by atoms with E-state index in [2.05, 4.69) is 22.2 Å². The summed E-state index contributed by atoms with van der Waals surface area (Å²) in [6, 6.07) is 5.82. The molecule has 0 amide bonds. The molecular weight excluding hydrogens is 272 g/mol. The average molecular weight is 288 g/mol. The number of aryl methyl sites for hydroxylation is 2. The number of hydrogen-bond acceptors (Lipinski definition) is 5. The Morgan fingerprint density at radius 3 is 2.95 bits per heavy atom. The maximum Gasteiger partial charge on any atom is 0.201 e. The minimum atomic E-state index is 0.743. The van der Waals surface area contributed by atoms with Crippen molar-refractivity contribution in [2.45, 2.75) is 29.9 Å². The van der Waals surface area contributed by atoms with Gasteiger partial charge in [-0.05, 0) is 30.3 Å².